The third-order valence-electron chi connectivity index (χ3n) is 4.88. The number of nitrogens with one attached hydrogen (secondary N) is 2. The molecule has 1 fully saturated rings. The van der Waals surface area contributed by atoms with Crippen LogP contribution in [-0.2, 0) is 6.18 Å². The van der Waals surface area contributed by atoms with Gasteiger partial charge in [0.2, 0.25) is 0 Å². The summed E-state index contributed by atoms with van der Waals surface area (Å²) in [5.41, 5.74) is 0.361. The lowest BCUT2D eigenvalue weighted by Crippen LogP contribution is -2.28. The zero-order valence-corrected chi connectivity index (χ0v) is 14.7. The Kier molecular flexibility index (Phi) is 4.61. The third kappa shape index (κ3) is 3.37. The van der Waals surface area contributed by atoms with Gasteiger partial charge in [0, 0.05) is 29.4 Å². The Morgan fingerprint density at radius 1 is 1.00 bits per heavy atom. The van der Waals surface area contributed by atoms with Crippen LogP contribution in [0.2, 0.25) is 0 Å². The minimum absolute atomic E-state index is 0.0837. The fraction of sp³-hybridized carbons (Fsp3) is 0.250. The van der Waals surface area contributed by atoms with E-state index in [0.29, 0.717) is 30.2 Å². The third-order valence-corrected chi connectivity index (χ3v) is 4.88. The van der Waals surface area contributed by atoms with Crippen LogP contribution in [0.5, 0.6) is 0 Å². The first kappa shape index (κ1) is 18.2. The van der Waals surface area contributed by atoms with Crippen molar-refractivity contribution in [3.8, 4) is 17.3 Å². The van der Waals surface area contributed by atoms with Gasteiger partial charge in [0.05, 0.1) is 23.6 Å². The average molecular weight is 383 g/mol. The topological polar surface area (TPSA) is 73.6 Å². The smallest absolute Gasteiger partial charge is 0.363 e. The Hall–Kier alpha value is -3.18. The molecule has 142 valence electrons. The molecule has 2 atom stereocenters. The molecule has 2 N–H and O–H groups in total. The molecule has 1 aliphatic heterocycles. The van der Waals surface area contributed by atoms with Crippen LogP contribution in [0.3, 0.4) is 0 Å². The van der Waals surface area contributed by atoms with Crippen molar-refractivity contribution in [2.75, 3.05) is 18.4 Å². The highest BCUT2D eigenvalue weighted by atomic mass is 19.4. The molecule has 0 unspecified atom stereocenters. The van der Waals surface area contributed by atoms with Crippen molar-refractivity contribution in [1.82, 2.24) is 15.5 Å². The molecule has 0 saturated carbocycles. The molecule has 0 radical (unpaired) electrons. The molecule has 1 aromatic heterocycles. The Labute approximate surface area is 159 Å². The zero-order valence-electron chi connectivity index (χ0n) is 14.7. The molecular weight excluding hydrogens is 367 g/mol. The second-order valence-electron chi connectivity index (χ2n) is 6.66. The first-order valence-electron chi connectivity index (χ1n) is 8.77. The average Bonchev–Trinajstić information content (AvgIpc) is 3.15. The summed E-state index contributed by atoms with van der Waals surface area (Å²) in [5.74, 6) is 0.385. The van der Waals surface area contributed by atoms with Crippen LogP contribution in [0, 0.1) is 17.2 Å². The van der Waals surface area contributed by atoms with Crippen molar-refractivity contribution in [1.29, 1.82) is 5.26 Å². The lowest BCUT2D eigenvalue weighted by Gasteiger charge is -2.17. The number of aromatic nitrogens is 2. The Morgan fingerprint density at radius 3 is 2.39 bits per heavy atom. The van der Waals surface area contributed by atoms with Crippen molar-refractivity contribution >= 4 is 16.6 Å². The van der Waals surface area contributed by atoms with Crippen LogP contribution in [-0.4, -0.2) is 29.3 Å². The van der Waals surface area contributed by atoms with Gasteiger partial charge in [0.25, 0.3) is 0 Å². The summed E-state index contributed by atoms with van der Waals surface area (Å²) < 4.78 is 38.5. The fourth-order valence-corrected chi connectivity index (χ4v) is 3.38. The number of anilines is 1. The number of fused-ring (bicyclic) bond motifs is 1. The van der Waals surface area contributed by atoms with Gasteiger partial charge >= 0.3 is 6.18 Å². The van der Waals surface area contributed by atoms with Crippen LogP contribution in [0.1, 0.15) is 5.56 Å². The molecule has 0 aliphatic carbocycles. The van der Waals surface area contributed by atoms with Gasteiger partial charge in [-0.2, -0.15) is 18.4 Å². The maximum absolute atomic E-state index is 12.8. The highest BCUT2D eigenvalue weighted by molar-refractivity contribution is 6.00. The number of benzene rings is 2. The molecule has 1 aliphatic rings. The van der Waals surface area contributed by atoms with Crippen LogP contribution < -0.4 is 10.6 Å². The van der Waals surface area contributed by atoms with E-state index in [0.717, 1.165) is 22.9 Å². The molecule has 1 saturated heterocycles. The molecule has 28 heavy (non-hydrogen) atoms. The Bertz CT molecular complexity index is 1040. The van der Waals surface area contributed by atoms with E-state index in [4.69, 9.17) is 0 Å². The van der Waals surface area contributed by atoms with Gasteiger partial charge in [0.15, 0.2) is 5.82 Å². The van der Waals surface area contributed by atoms with E-state index in [1.54, 1.807) is 0 Å². The maximum atomic E-state index is 12.8. The largest absolute Gasteiger partial charge is 0.416 e. The second kappa shape index (κ2) is 7.09. The highest BCUT2D eigenvalue weighted by Crippen LogP contribution is 2.33. The van der Waals surface area contributed by atoms with Gasteiger partial charge in [-0.3, -0.25) is 0 Å². The summed E-state index contributed by atoms with van der Waals surface area (Å²) >= 11 is 0. The summed E-state index contributed by atoms with van der Waals surface area (Å²) in [7, 11) is 0. The first-order valence-corrected chi connectivity index (χ1v) is 8.77. The van der Waals surface area contributed by atoms with E-state index in [1.807, 2.05) is 24.3 Å². The molecular formula is C20H16F3N5. The number of nitrogens with zero attached hydrogens (tertiary/aromatic N) is 3. The monoisotopic (exact) mass is 383 g/mol. The SMILES string of the molecule is N#C[C@@H]1CNC[C@H]1Nc1nnc(-c2ccc(C(F)(F)F)cc2)c2ccccc12. The van der Waals surface area contributed by atoms with Crippen molar-refractivity contribution in [3.05, 3.63) is 54.1 Å². The number of hydrogen-bond acceptors (Lipinski definition) is 5. The van der Waals surface area contributed by atoms with Gasteiger partial charge in [-0.25, -0.2) is 0 Å². The molecule has 2 aromatic carbocycles. The molecule has 0 spiro atoms. The molecule has 0 bridgehead atoms. The van der Waals surface area contributed by atoms with E-state index >= 15 is 0 Å². The van der Waals surface area contributed by atoms with Crippen molar-refractivity contribution in [3.63, 3.8) is 0 Å². The van der Waals surface area contributed by atoms with Crippen molar-refractivity contribution < 1.29 is 13.2 Å². The summed E-state index contributed by atoms with van der Waals surface area (Å²) in [5, 5.41) is 25.8. The summed E-state index contributed by atoms with van der Waals surface area (Å²) in [4.78, 5) is 0. The van der Waals surface area contributed by atoms with Crippen LogP contribution >= 0.6 is 0 Å². The van der Waals surface area contributed by atoms with E-state index < -0.39 is 11.7 Å². The normalized spacial score (nSPS) is 19.5. The number of alkyl halides is 3. The quantitative estimate of drug-likeness (QED) is 0.719. The van der Waals surface area contributed by atoms with Gasteiger partial charge in [-0.05, 0) is 12.1 Å². The van der Waals surface area contributed by atoms with Crippen molar-refractivity contribution in [2.45, 2.75) is 12.2 Å². The van der Waals surface area contributed by atoms with E-state index in [9.17, 15) is 18.4 Å². The molecule has 8 heteroatoms. The van der Waals surface area contributed by atoms with Crippen LogP contribution in [0.15, 0.2) is 48.5 Å². The fourth-order valence-electron chi connectivity index (χ4n) is 3.38. The minimum atomic E-state index is -4.38. The summed E-state index contributed by atoms with van der Waals surface area (Å²) in [6, 6.07) is 14.5. The molecule has 3 aromatic rings. The molecule has 4 rings (SSSR count). The molecule has 5 nitrogen and oxygen atoms in total. The summed E-state index contributed by atoms with van der Waals surface area (Å²) in [6.45, 7) is 1.26. The minimum Gasteiger partial charge on any atom is -0.363 e. The van der Waals surface area contributed by atoms with Gasteiger partial charge in [-0.15, -0.1) is 10.2 Å². The lowest BCUT2D eigenvalue weighted by atomic mass is 10.0. The van der Waals surface area contributed by atoms with Gasteiger partial charge < -0.3 is 10.6 Å². The molecule has 0 amide bonds. The maximum Gasteiger partial charge on any atom is 0.416 e. The van der Waals surface area contributed by atoms with Crippen LogP contribution in [0.4, 0.5) is 19.0 Å². The second-order valence-corrected chi connectivity index (χ2v) is 6.66. The van der Waals surface area contributed by atoms with E-state index in [-0.39, 0.29) is 12.0 Å². The van der Waals surface area contributed by atoms with Crippen molar-refractivity contribution in [2.24, 2.45) is 5.92 Å². The summed E-state index contributed by atoms with van der Waals surface area (Å²) in [6.07, 6.45) is -4.38. The number of nitriles is 1. The standard InChI is InChI=1S/C20H16F3N5/c21-20(22,23)14-7-5-12(6-8-14)18-15-3-1-2-4-16(15)19(28-27-18)26-17-11-25-10-13(17)9-24/h1-8,13,17,25H,10-11H2,(H,26,28)/t13-,17-/m1/s1. The van der Waals surface area contributed by atoms with Crippen LogP contribution in [0.25, 0.3) is 22.0 Å². The highest BCUT2D eigenvalue weighted by Gasteiger charge is 2.30. The number of hydrogen-bond donors (Lipinski definition) is 2. The predicted molar refractivity (Wildman–Crippen MR) is 99.4 cm³/mol. The zero-order chi connectivity index (χ0) is 19.7. The first-order chi connectivity index (χ1) is 13.5. The lowest BCUT2D eigenvalue weighted by molar-refractivity contribution is -0.137. The van der Waals surface area contributed by atoms with Gasteiger partial charge in [0.1, 0.15) is 5.69 Å². The van der Waals surface area contributed by atoms with E-state index in [2.05, 4.69) is 26.9 Å². The molecule has 2 heterocycles. The predicted octanol–water partition coefficient (Wildman–Crippen LogP) is 3.84. The number of rotatable bonds is 3. The Morgan fingerprint density at radius 2 is 1.71 bits per heavy atom. The van der Waals surface area contributed by atoms with E-state index in [1.165, 1.54) is 12.1 Å². The van der Waals surface area contributed by atoms with Gasteiger partial charge in [-0.1, -0.05) is 36.4 Å². The number of halogens is 3. The Balaban J connectivity index is 1.73.